The van der Waals surface area contributed by atoms with E-state index in [1.165, 1.54) is 11.3 Å². The normalized spacial score (nSPS) is 12.2. The van der Waals surface area contributed by atoms with Gasteiger partial charge >= 0.3 is 0 Å². The fraction of sp³-hybridized carbons (Fsp3) is 0.286. The largest absolute Gasteiger partial charge is 0.334 e. The summed E-state index contributed by atoms with van der Waals surface area (Å²) in [5.74, 6) is -0.108. The van der Waals surface area contributed by atoms with Gasteiger partial charge < -0.3 is 10.6 Å². The van der Waals surface area contributed by atoms with Gasteiger partial charge in [-0.15, -0.1) is 11.3 Å². The smallest absolute Gasteiger partial charge is 0.273 e. The molecule has 2 rings (SSSR count). The summed E-state index contributed by atoms with van der Waals surface area (Å²) in [6.45, 7) is 2.33. The molecule has 1 aromatic heterocycles. The first kappa shape index (κ1) is 15.0. The minimum atomic E-state index is -0.108. The lowest BCUT2D eigenvalue weighted by atomic mass is 10.1. The zero-order valence-electron chi connectivity index (χ0n) is 11.3. The summed E-state index contributed by atoms with van der Waals surface area (Å²) >= 11 is 7.28. The van der Waals surface area contributed by atoms with Gasteiger partial charge in [0.2, 0.25) is 0 Å². The summed E-state index contributed by atoms with van der Waals surface area (Å²) < 4.78 is 0. The van der Waals surface area contributed by atoms with Crippen molar-refractivity contribution in [3.05, 3.63) is 50.9 Å². The van der Waals surface area contributed by atoms with E-state index < -0.39 is 0 Å². The van der Waals surface area contributed by atoms with E-state index in [4.69, 9.17) is 17.3 Å². The van der Waals surface area contributed by atoms with Crippen LogP contribution in [0.1, 0.15) is 34.0 Å². The Balaban J connectivity index is 2.15. The molecule has 0 spiro atoms. The van der Waals surface area contributed by atoms with E-state index in [2.05, 4.69) is 4.98 Å². The minimum absolute atomic E-state index is 0.0530. The lowest BCUT2D eigenvalue weighted by Gasteiger charge is -2.24. The highest BCUT2D eigenvalue weighted by Gasteiger charge is 2.21. The second kappa shape index (κ2) is 6.35. The van der Waals surface area contributed by atoms with Crippen LogP contribution in [0.5, 0.6) is 0 Å². The SMILES string of the molecule is CC(c1ccc(Cl)cc1)N(C)C(=O)c1csc(CN)n1. The fourth-order valence-electron chi connectivity index (χ4n) is 1.82. The van der Waals surface area contributed by atoms with Gasteiger partial charge in [-0.05, 0) is 24.6 Å². The van der Waals surface area contributed by atoms with Crippen LogP contribution in [-0.2, 0) is 6.54 Å². The first-order valence-electron chi connectivity index (χ1n) is 6.20. The number of amides is 1. The van der Waals surface area contributed by atoms with Crippen molar-refractivity contribution in [3.63, 3.8) is 0 Å². The number of aromatic nitrogens is 1. The van der Waals surface area contributed by atoms with E-state index in [0.717, 1.165) is 10.6 Å². The van der Waals surface area contributed by atoms with Crippen LogP contribution in [0.3, 0.4) is 0 Å². The molecule has 0 aliphatic rings. The summed E-state index contributed by atoms with van der Waals surface area (Å²) in [4.78, 5) is 18.2. The van der Waals surface area contributed by atoms with Crippen molar-refractivity contribution >= 4 is 28.8 Å². The van der Waals surface area contributed by atoms with E-state index in [0.29, 0.717) is 17.3 Å². The molecule has 1 amide bonds. The average molecular weight is 310 g/mol. The van der Waals surface area contributed by atoms with Crippen LogP contribution in [0, 0.1) is 0 Å². The van der Waals surface area contributed by atoms with Crippen molar-refractivity contribution in [2.24, 2.45) is 5.73 Å². The maximum Gasteiger partial charge on any atom is 0.273 e. The van der Waals surface area contributed by atoms with E-state index in [1.807, 2.05) is 31.2 Å². The Hall–Kier alpha value is -1.43. The monoisotopic (exact) mass is 309 g/mol. The van der Waals surface area contributed by atoms with Gasteiger partial charge in [-0.2, -0.15) is 0 Å². The van der Waals surface area contributed by atoms with Gasteiger partial charge in [0.15, 0.2) is 0 Å². The van der Waals surface area contributed by atoms with Gasteiger partial charge in [0, 0.05) is 24.0 Å². The van der Waals surface area contributed by atoms with Gasteiger partial charge in [-0.3, -0.25) is 4.79 Å². The molecule has 1 unspecified atom stereocenters. The van der Waals surface area contributed by atoms with Crippen molar-refractivity contribution in [1.82, 2.24) is 9.88 Å². The Morgan fingerprint density at radius 3 is 2.65 bits per heavy atom. The number of carbonyl (C=O) groups excluding carboxylic acids is 1. The molecule has 0 saturated heterocycles. The topological polar surface area (TPSA) is 59.2 Å². The molecule has 1 heterocycles. The summed E-state index contributed by atoms with van der Waals surface area (Å²) in [5.41, 5.74) is 6.99. The van der Waals surface area contributed by atoms with Crippen molar-refractivity contribution in [1.29, 1.82) is 0 Å². The van der Waals surface area contributed by atoms with Crippen molar-refractivity contribution < 1.29 is 4.79 Å². The number of nitrogens with two attached hydrogens (primary N) is 1. The quantitative estimate of drug-likeness (QED) is 0.944. The predicted molar refractivity (Wildman–Crippen MR) is 82.0 cm³/mol. The van der Waals surface area contributed by atoms with Crippen LogP contribution in [0.15, 0.2) is 29.6 Å². The van der Waals surface area contributed by atoms with Crippen LogP contribution in [0.2, 0.25) is 5.02 Å². The molecule has 2 aromatic rings. The van der Waals surface area contributed by atoms with Gasteiger partial charge in [-0.25, -0.2) is 4.98 Å². The molecule has 4 nitrogen and oxygen atoms in total. The maximum atomic E-state index is 12.4. The van der Waals surface area contributed by atoms with E-state index >= 15 is 0 Å². The summed E-state index contributed by atoms with van der Waals surface area (Å²) in [7, 11) is 1.77. The van der Waals surface area contributed by atoms with Crippen molar-refractivity contribution in [3.8, 4) is 0 Å². The molecule has 1 aromatic carbocycles. The molecule has 0 aliphatic heterocycles. The number of thiazole rings is 1. The molecular weight excluding hydrogens is 294 g/mol. The number of carbonyl (C=O) groups is 1. The summed E-state index contributed by atoms with van der Waals surface area (Å²) in [6, 6.07) is 7.43. The third-order valence-electron chi connectivity index (χ3n) is 3.20. The first-order valence-corrected chi connectivity index (χ1v) is 7.45. The molecule has 0 saturated carbocycles. The Bertz CT molecular complexity index is 597. The molecule has 6 heteroatoms. The minimum Gasteiger partial charge on any atom is -0.334 e. The molecule has 2 N–H and O–H groups in total. The third kappa shape index (κ3) is 3.17. The maximum absolute atomic E-state index is 12.4. The number of halogens is 1. The van der Waals surface area contributed by atoms with E-state index in [1.54, 1.807) is 17.3 Å². The molecule has 0 radical (unpaired) electrons. The lowest BCUT2D eigenvalue weighted by Crippen LogP contribution is -2.30. The number of nitrogens with zero attached hydrogens (tertiary/aromatic N) is 2. The number of rotatable bonds is 4. The molecule has 20 heavy (non-hydrogen) atoms. The summed E-state index contributed by atoms with van der Waals surface area (Å²) in [5, 5.41) is 3.19. The van der Waals surface area contributed by atoms with Gasteiger partial charge in [0.05, 0.1) is 6.04 Å². The molecule has 0 bridgehead atoms. The zero-order chi connectivity index (χ0) is 14.7. The van der Waals surface area contributed by atoms with Crippen LogP contribution in [-0.4, -0.2) is 22.8 Å². The van der Waals surface area contributed by atoms with Gasteiger partial charge in [0.1, 0.15) is 10.7 Å². The van der Waals surface area contributed by atoms with E-state index in [-0.39, 0.29) is 11.9 Å². The van der Waals surface area contributed by atoms with Crippen LogP contribution in [0.25, 0.3) is 0 Å². The van der Waals surface area contributed by atoms with Crippen LogP contribution < -0.4 is 5.73 Å². The van der Waals surface area contributed by atoms with E-state index in [9.17, 15) is 4.79 Å². The Morgan fingerprint density at radius 2 is 2.10 bits per heavy atom. The second-order valence-electron chi connectivity index (χ2n) is 4.47. The third-order valence-corrected chi connectivity index (χ3v) is 4.32. The molecule has 106 valence electrons. The highest BCUT2D eigenvalue weighted by Crippen LogP contribution is 2.22. The lowest BCUT2D eigenvalue weighted by molar-refractivity contribution is 0.0737. The summed E-state index contributed by atoms with van der Waals surface area (Å²) in [6.07, 6.45) is 0. The fourth-order valence-corrected chi connectivity index (χ4v) is 2.60. The number of hydrogen-bond donors (Lipinski definition) is 1. The van der Waals surface area contributed by atoms with Crippen molar-refractivity contribution in [2.45, 2.75) is 19.5 Å². The van der Waals surface area contributed by atoms with Gasteiger partial charge in [-0.1, -0.05) is 23.7 Å². The first-order chi connectivity index (χ1) is 9.52. The van der Waals surface area contributed by atoms with Crippen LogP contribution in [0.4, 0.5) is 0 Å². The second-order valence-corrected chi connectivity index (χ2v) is 5.85. The molecule has 1 atom stereocenters. The Labute approximate surface area is 127 Å². The van der Waals surface area contributed by atoms with Crippen molar-refractivity contribution in [2.75, 3.05) is 7.05 Å². The predicted octanol–water partition coefficient (Wildman–Crippen LogP) is 3.09. The molecule has 0 fully saturated rings. The average Bonchev–Trinajstić information content (AvgIpc) is 2.94. The van der Waals surface area contributed by atoms with Gasteiger partial charge in [0.25, 0.3) is 5.91 Å². The Kier molecular flexibility index (Phi) is 4.75. The van der Waals surface area contributed by atoms with Crippen LogP contribution >= 0.6 is 22.9 Å². The molecular formula is C14H16ClN3OS. The zero-order valence-corrected chi connectivity index (χ0v) is 12.9. The number of benzene rings is 1. The highest BCUT2D eigenvalue weighted by atomic mass is 35.5. The number of hydrogen-bond acceptors (Lipinski definition) is 4. The highest BCUT2D eigenvalue weighted by molar-refractivity contribution is 7.09. The molecule has 0 aliphatic carbocycles. The standard InChI is InChI=1S/C14H16ClN3OS/c1-9(10-3-5-11(15)6-4-10)18(2)14(19)12-8-20-13(7-16)17-12/h3-6,8-9H,7,16H2,1-2H3. The Morgan fingerprint density at radius 1 is 1.45 bits per heavy atom.